The Balaban J connectivity index is 2.15. The monoisotopic (exact) mass is 287 g/mol. The van der Waals surface area contributed by atoms with Crippen molar-refractivity contribution >= 4 is 15.9 Å². The summed E-state index contributed by atoms with van der Waals surface area (Å²) in [5.74, 6) is -0.227. The lowest BCUT2D eigenvalue weighted by Crippen LogP contribution is -2.36. The van der Waals surface area contributed by atoms with Gasteiger partial charge in [-0.15, -0.1) is 0 Å². The van der Waals surface area contributed by atoms with Crippen molar-refractivity contribution in [2.45, 2.75) is 23.8 Å². The number of sulfonamides is 1. The molecule has 0 aliphatic heterocycles. The third-order valence-electron chi connectivity index (χ3n) is 3.00. The number of carbonyl (C=O) groups is 1. The first-order valence-corrected chi connectivity index (χ1v) is 7.49. The van der Waals surface area contributed by atoms with Crippen LogP contribution in [0.5, 0.6) is 0 Å². The number of nitrogens with one attached hydrogen (secondary N) is 1. The van der Waals surface area contributed by atoms with Crippen LogP contribution in [-0.4, -0.2) is 50.5 Å². The van der Waals surface area contributed by atoms with Crippen LogP contribution in [0.4, 0.5) is 0 Å². The maximum Gasteiger partial charge on any atom is 0.270 e. The van der Waals surface area contributed by atoms with Crippen LogP contribution in [0.15, 0.2) is 17.2 Å². The van der Waals surface area contributed by atoms with E-state index in [1.807, 2.05) is 0 Å². The van der Waals surface area contributed by atoms with E-state index in [0.29, 0.717) is 13.2 Å². The Morgan fingerprint density at radius 3 is 2.74 bits per heavy atom. The Morgan fingerprint density at radius 2 is 2.26 bits per heavy atom. The first-order chi connectivity index (χ1) is 8.93. The molecule has 19 heavy (non-hydrogen) atoms. The van der Waals surface area contributed by atoms with Crippen molar-refractivity contribution in [2.75, 3.05) is 20.3 Å². The van der Waals surface area contributed by atoms with Crippen LogP contribution in [0.25, 0.3) is 0 Å². The maximum atomic E-state index is 12.3. The normalized spacial score (nSPS) is 15.5. The molecule has 0 saturated heterocycles. The second-order valence-electron chi connectivity index (χ2n) is 4.52. The van der Waals surface area contributed by atoms with Crippen LogP contribution in [0.3, 0.4) is 0 Å². The standard InChI is InChI=1S/C11H17N3O4S/c1-18-5-4-14(8-2-3-8)11(15)10-6-9(7-13-10)19(12,16)17/h6-8,13H,2-5H2,1H3,(H2,12,16,17). The summed E-state index contributed by atoms with van der Waals surface area (Å²) < 4.78 is 27.3. The fraction of sp³-hybridized carbons (Fsp3) is 0.545. The lowest BCUT2D eigenvalue weighted by Gasteiger charge is -2.21. The van der Waals surface area contributed by atoms with Crippen molar-refractivity contribution in [3.8, 4) is 0 Å². The second-order valence-corrected chi connectivity index (χ2v) is 6.08. The zero-order valence-electron chi connectivity index (χ0n) is 10.6. The summed E-state index contributed by atoms with van der Waals surface area (Å²) in [5, 5.41) is 5.01. The van der Waals surface area contributed by atoms with Crippen LogP contribution in [0.1, 0.15) is 23.3 Å². The zero-order chi connectivity index (χ0) is 14.0. The molecule has 1 aliphatic carbocycles. The number of carbonyl (C=O) groups excluding carboxylic acids is 1. The zero-order valence-corrected chi connectivity index (χ0v) is 11.4. The quantitative estimate of drug-likeness (QED) is 0.763. The Morgan fingerprint density at radius 1 is 1.58 bits per heavy atom. The number of primary sulfonamides is 1. The largest absolute Gasteiger partial charge is 0.383 e. The minimum Gasteiger partial charge on any atom is -0.383 e. The number of nitrogens with zero attached hydrogens (tertiary/aromatic N) is 1. The average Bonchev–Trinajstić information content (AvgIpc) is 3.04. The second kappa shape index (κ2) is 5.32. The molecule has 0 bridgehead atoms. The number of amides is 1. The molecule has 1 heterocycles. The molecular formula is C11H17N3O4S. The van der Waals surface area contributed by atoms with Crippen molar-refractivity contribution < 1.29 is 17.9 Å². The summed E-state index contributed by atoms with van der Waals surface area (Å²) in [6.07, 6.45) is 3.17. The van der Waals surface area contributed by atoms with Crippen LogP contribution >= 0.6 is 0 Å². The topological polar surface area (TPSA) is 105 Å². The van der Waals surface area contributed by atoms with Gasteiger partial charge in [0.1, 0.15) is 5.69 Å². The number of aromatic nitrogens is 1. The van der Waals surface area contributed by atoms with E-state index in [2.05, 4.69) is 4.98 Å². The maximum absolute atomic E-state index is 12.3. The van der Waals surface area contributed by atoms with E-state index in [4.69, 9.17) is 9.88 Å². The number of methoxy groups -OCH3 is 1. The molecule has 0 radical (unpaired) electrons. The Kier molecular flexibility index (Phi) is 3.93. The van der Waals surface area contributed by atoms with Gasteiger partial charge >= 0.3 is 0 Å². The lowest BCUT2D eigenvalue weighted by molar-refractivity contribution is 0.0675. The molecule has 0 spiro atoms. The fourth-order valence-electron chi connectivity index (χ4n) is 1.84. The Labute approximate surface area is 111 Å². The first-order valence-electron chi connectivity index (χ1n) is 5.94. The first kappa shape index (κ1) is 14.0. The summed E-state index contributed by atoms with van der Waals surface area (Å²) in [5.41, 5.74) is 0.229. The Bertz CT molecular complexity index is 562. The molecule has 2 rings (SSSR count). The van der Waals surface area contributed by atoms with E-state index in [9.17, 15) is 13.2 Å². The lowest BCUT2D eigenvalue weighted by atomic mass is 10.3. The molecule has 0 aromatic carbocycles. The van der Waals surface area contributed by atoms with Gasteiger partial charge in [-0.25, -0.2) is 13.6 Å². The molecule has 1 amide bonds. The number of hydrogen-bond donors (Lipinski definition) is 2. The number of ether oxygens (including phenoxy) is 1. The third kappa shape index (κ3) is 3.34. The van der Waals surface area contributed by atoms with Gasteiger partial charge in [0.05, 0.1) is 11.5 Å². The summed E-state index contributed by atoms with van der Waals surface area (Å²) in [6.45, 7) is 0.939. The van der Waals surface area contributed by atoms with Crippen LogP contribution in [0, 0.1) is 0 Å². The van der Waals surface area contributed by atoms with Crippen molar-refractivity contribution in [3.05, 3.63) is 18.0 Å². The van der Waals surface area contributed by atoms with Gasteiger partial charge < -0.3 is 14.6 Å². The van der Waals surface area contributed by atoms with Gasteiger partial charge in [0.15, 0.2) is 0 Å². The predicted octanol–water partition coefficient (Wildman–Crippen LogP) is -0.0869. The minimum atomic E-state index is -3.79. The third-order valence-corrected chi connectivity index (χ3v) is 3.89. The highest BCUT2D eigenvalue weighted by molar-refractivity contribution is 7.89. The summed E-state index contributed by atoms with van der Waals surface area (Å²) in [6, 6.07) is 1.49. The number of nitrogens with two attached hydrogens (primary N) is 1. The summed E-state index contributed by atoms with van der Waals surface area (Å²) in [7, 11) is -2.22. The van der Waals surface area contributed by atoms with Gasteiger partial charge in [0.2, 0.25) is 10.0 Å². The fourth-order valence-corrected chi connectivity index (χ4v) is 2.35. The molecule has 106 valence electrons. The van der Waals surface area contributed by atoms with Gasteiger partial charge in [-0.1, -0.05) is 0 Å². The molecule has 0 unspecified atom stereocenters. The van der Waals surface area contributed by atoms with Gasteiger partial charge in [0, 0.05) is 25.9 Å². The highest BCUT2D eigenvalue weighted by atomic mass is 32.2. The van der Waals surface area contributed by atoms with Crippen LogP contribution < -0.4 is 5.14 Å². The highest BCUT2D eigenvalue weighted by Gasteiger charge is 2.33. The molecule has 8 heteroatoms. The Hall–Kier alpha value is -1.38. The average molecular weight is 287 g/mol. The van der Waals surface area contributed by atoms with Gasteiger partial charge in [0.25, 0.3) is 5.91 Å². The van der Waals surface area contributed by atoms with Crippen molar-refractivity contribution in [1.82, 2.24) is 9.88 Å². The van der Waals surface area contributed by atoms with Gasteiger partial charge in [-0.3, -0.25) is 4.79 Å². The van der Waals surface area contributed by atoms with E-state index < -0.39 is 10.0 Å². The number of aromatic amines is 1. The molecule has 1 aliphatic rings. The van der Waals surface area contributed by atoms with E-state index in [1.165, 1.54) is 12.3 Å². The van der Waals surface area contributed by atoms with Crippen molar-refractivity contribution in [1.29, 1.82) is 0 Å². The number of hydrogen-bond acceptors (Lipinski definition) is 4. The summed E-state index contributed by atoms with van der Waals surface area (Å²) >= 11 is 0. The molecule has 7 nitrogen and oxygen atoms in total. The predicted molar refractivity (Wildman–Crippen MR) is 68.1 cm³/mol. The number of rotatable bonds is 6. The molecule has 1 aromatic rings. The van der Waals surface area contributed by atoms with Crippen LogP contribution in [0.2, 0.25) is 0 Å². The smallest absolute Gasteiger partial charge is 0.270 e. The number of H-pyrrole nitrogens is 1. The van der Waals surface area contributed by atoms with E-state index in [1.54, 1.807) is 12.0 Å². The van der Waals surface area contributed by atoms with Gasteiger partial charge in [-0.2, -0.15) is 0 Å². The minimum absolute atomic E-state index is 0.0849. The molecule has 1 fully saturated rings. The molecule has 1 aromatic heterocycles. The van der Waals surface area contributed by atoms with Crippen LogP contribution in [-0.2, 0) is 14.8 Å². The summed E-state index contributed by atoms with van der Waals surface area (Å²) in [4.78, 5) is 16.5. The highest BCUT2D eigenvalue weighted by Crippen LogP contribution is 2.28. The van der Waals surface area contributed by atoms with Crippen molar-refractivity contribution in [3.63, 3.8) is 0 Å². The molecular weight excluding hydrogens is 270 g/mol. The molecule has 3 N–H and O–H groups in total. The van der Waals surface area contributed by atoms with E-state index in [-0.39, 0.29) is 22.5 Å². The SMILES string of the molecule is COCCN(C(=O)c1cc(S(N)(=O)=O)c[nH]1)C1CC1. The molecule has 1 saturated carbocycles. The van der Waals surface area contributed by atoms with E-state index in [0.717, 1.165) is 12.8 Å². The van der Waals surface area contributed by atoms with Crippen molar-refractivity contribution in [2.24, 2.45) is 5.14 Å². The molecule has 0 atom stereocenters. The van der Waals surface area contributed by atoms with Gasteiger partial charge in [-0.05, 0) is 18.9 Å². The van der Waals surface area contributed by atoms with E-state index >= 15 is 0 Å².